The zero-order valence-corrected chi connectivity index (χ0v) is 13.1. The smallest absolute Gasteiger partial charge is 0.259 e. The van der Waals surface area contributed by atoms with Crippen LogP contribution in [-0.2, 0) is 6.42 Å². The van der Waals surface area contributed by atoms with E-state index in [1.165, 1.54) is 0 Å². The van der Waals surface area contributed by atoms with E-state index in [1.54, 1.807) is 30.3 Å². The topological polar surface area (TPSA) is 58.6 Å². The molecule has 0 aliphatic carbocycles. The normalized spacial score (nSPS) is 10.3. The number of carbonyl (C=O) groups is 1. The van der Waals surface area contributed by atoms with Crippen molar-refractivity contribution in [2.45, 2.75) is 13.3 Å². The molecule has 2 N–H and O–H groups in total. The average molecular weight is 320 g/mol. The lowest BCUT2D eigenvalue weighted by Crippen LogP contribution is -2.13. The first kappa shape index (κ1) is 16.3. The van der Waals surface area contributed by atoms with Crippen molar-refractivity contribution in [2.24, 2.45) is 0 Å². The van der Waals surface area contributed by atoms with Crippen molar-refractivity contribution < 1.29 is 14.6 Å². The van der Waals surface area contributed by atoms with Gasteiger partial charge in [0.25, 0.3) is 5.91 Å². The third-order valence-corrected chi connectivity index (χ3v) is 3.34. The molecule has 2 aromatic carbocycles. The number of aliphatic hydroxyl groups excluding tert-OH is 1. The van der Waals surface area contributed by atoms with E-state index >= 15 is 0 Å². The molecular weight excluding hydrogens is 302 g/mol. The summed E-state index contributed by atoms with van der Waals surface area (Å²) < 4.78 is 5.45. The van der Waals surface area contributed by atoms with E-state index in [0.717, 1.165) is 5.56 Å². The van der Waals surface area contributed by atoms with Crippen LogP contribution in [0.5, 0.6) is 5.75 Å². The van der Waals surface area contributed by atoms with Gasteiger partial charge in [-0.05, 0) is 49.2 Å². The standard InChI is InChI=1S/C17H18ClNO3/c1-2-22-16-11-13(18)5-8-15(16)17(21)19-14-6-3-12(4-7-14)9-10-20/h3-8,11,20H,2,9-10H2,1H3,(H,19,21). The van der Waals surface area contributed by atoms with Crippen LogP contribution in [0, 0.1) is 0 Å². The SMILES string of the molecule is CCOc1cc(Cl)ccc1C(=O)Nc1ccc(CCO)cc1. The number of amides is 1. The van der Waals surface area contributed by atoms with Gasteiger partial charge in [-0.2, -0.15) is 0 Å². The summed E-state index contributed by atoms with van der Waals surface area (Å²) >= 11 is 5.93. The van der Waals surface area contributed by atoms with Gasteiger partial charge in [-0.25, -0.2) is 0 Å². The zero-order valence-electron chi connectivity index (χ0n) is 12.3. The maximum Gasteiger partial charge on any atom is 0.259 e. The molecule has 1 amide bonds. The van der Waals surface area contributed by atoms with E-state index in [2.05, 4.69) is 5.32 Å². The van der Waals surface area contributed by atoms with E-state index in [9.17, 15) is 4.79 Å². The summed E-state index contributed by atoms with van der Waals surface area (Å²) in [5.74, 6) is 0.208. The van der Waals surface area contributed by atoms with Gasteiger partial charge in [0, 0.05) is 17.3 Å². The molecule has 0 fully saturated rings. The number of anilines is 1. The summed E-state index contributed by atoms with van der Waals surface area (Å²) in [6.07, 6.45) is 0.597. The lowest BCUT2D eigenvalue weighted by atomic mass is 10.1. The molecule has 0 bridgehead atoms. The number of carbonyl (C=O) groups excluding carboxylic acids is 1. The number of benzene rings is 2. The molecule has 0 saturated heterocycles. The van der Waals surface area contributed by atoms with E-state index in [-0.39, 0.29) is 12.5 Å². The predicted molar refractivity (Wildman–Crippen MR) is 87.8 cm³/mol. The second-order valence-corrected chi connectivity index (χ2v) is 5.13. The van der Waals surface area contributed by atoms with E-state index < -0.39 is 0 Å². The maximum absolute atomic E-state index is 12.4. The van der Waals surface area contributed by atoms with Gasteiger partial charge in [0.2, 0.25) is 0 Å². The summed E-state index contributed by atoms with van der Waals surface area (Å²) in [4.78, 5) is 12.4. The van der Waals surface area contributed by atoms with Crippen molar-refractivity contribution in [1.82, 2.24) is 0 Å². The fourth-order valence-corrected chi connectivity index (χ4v) is 2.20. The summed E-state index contributed by atoms with van der Waals surface area (Å²) in [7, 11) is 0. The van der Waals surface area contributed by atoms with Crippen LogP contribution in [0.25, 0.3) is 0 Å². The third-order valence-electron chi connectivity index (χ3n) is 3.10. The van der Waals surface area contributed by atoms with Crippen LogP contribution in [0.1, 0.15) is 22.8 Å². The molecular formula is C17H18ClNO3. The molecule has 4 nitrogen and oxygen atoms in total. The molecule has 0 radical (unpaired) electrons. The molecule has 0 aromatic heterocycles. The van der Waals surface area contributed by atoms with Gasteiger partial charge in [0.1, 0.15) is 5.75 Å². The number of aliphatic hydroxyl groups is 1. The Morgan fingerprint density at radius 2 is 1.95 bits per heavy atom. The molecule has 2 aromatic rings. The number of rotatable bonds is 6. The van der Waals surface area contributed by atoms with Crippen LogP contribution >= 0.6 is 11.6 Å². The van der Waals surface area contributed by atoms with E-state index in [0.29, 0.717) is 35.1 Å². The number of hydrogen-bond donors (Lipinski definition) is 2. The largest absolute Gasteiger partial charge is 0.493 e. The first-order valence-corrected chi connectivity index (χ1v) is 7.45. The van der Waals surface area contributed by atoms with E-state index in [4.69, 9.17) is 21.4 Å². The van der Waals surface area contributed by atoms with E-state index in [1.807, 2.05) is 19.1 Å². The van der Waals surface area contributed by atoms with Crippen LogP contribution in [0.2, 0.25) is 5.02 Å². The van der Waals surface area contributed by atoms with Gasteiger partial charge in [-0.1, -0.05) is 23.7 Å². The van der Waals surface area contributed by atoms with Crippen LogP contribution < -0.4 is 10.1 Å². The molecule has 5 heteroatoms. The summed E-state index contributed by atoms with van der Waals surface area (Å²) in [5, 5.41) is 12.2. The number of ether oxygens (including phenoxy) is 1. The zero-order chi connectivity index (χ0) is 15.9. The molecule has 22 heavy (non-hydrogen) atoms. The Bertz CT molecular complexity index is 641. The van der Waals surface area contributed by atoms with Crippen molar-refractivity contribution in [3.05, 3.63) is 58.6 Å². The average Bonchev–Trinajstić information content (AvgIpc) is 2.50. The fourth-order valence-electron chi connectivity index (χ4n) is 2.04. The highest BCUT2D eigenvalue weighted by Gasteiger charge is 2.13. The Morgan fingerprint density at radius 1 is 1.23 bits per heavy atom. The Hall–Kier alpha value is -2.04. The van der Waals surface area contributed by atoms with Gasteiger partial charge in [-0.15, -0.1) is 0 Å². The molecule has 0 saturated carbocycles. The summed E-state index contributed by atoms with van der Waals surface area (Å²) in [5.41, 5.74) is 2.14. The lowest BCUT2D eigenvalue weighted by Gasteiger charge is -2.11. The first-order chi connectivity index (χ1) is 10.6. The minimum atomic E-state index is -0.255. The highest BCUT2D eigenvalue weighted by molar-refractivity contribution is 6.31. The molecule has 0 unspecified atom stereocenters. The lowest BCUT2D eigenvalue weighted by molar-refractivity contribution is 0.102. The van der Waals surface area contributed by atoms with Crippen LogP contribution in [0.4, 0.5) is 5.69 Å². The van der Waals surface area contributed by atoms with Gasteiger partial charge in [0.15, 0.2) is 0 Å². The molecule has 0 spiro atoms. The van der Waals surface area contributed by atoms with Crippen molar-refractivity contribution >= 4 is 23.2 Å². The maximum atomic E-state index is 12.4. The number of nitrogens with one attached hydrogen (secondary N) is 1. The molecule has 0 atom stereocenters. The minimum Gasteiger partial charge on any atom is -0.493 e. The van der Waals surface area contributed by atoms with Gasteiger partial charge in [-0.3, -0.25) is 4.79 Å². The number of halogens is 1. The molecule has 116 valence electrons. The predicted octanol–water partition coefficient (Wildman–Crippen LogP) is 3.53. The van der Waals surface area contributed by atoms with Crippen molar-refractivity contribution in [1.29, 1.82) is 0 Å². The van der Waals surface area contributed by atoms with Gasteiger partial charge in [0.05, 0.1) is 12.2 Å². The monoisotopic (exact) mass is 319 g/mol. The fraction of sp³-hybridized carbons (Fsp3) is 0.235. The highest BCUT2D eigenvalue weighted by atomic mass is 35.5. The highest BCUT2D eigenvalue weighted by Crippen LogP contribution is 2.24. The Kier molecular flexibility index (Phi) is 5.81. The summed E-state index contributed by atoms with van der Waals surface area (Å²) in [6, 6.07) is 12.3. The molecule has 2 rings (SSSR count). The minimum absolute atomic E-state index is 0.105. The van der Waals surface area contributed by atoms with Gasteiger partial charge < -0.3 is 15.2 Å². The first-order valence-electron chi connectivity index (χ1n) is 7.07. The van der Waals surface area contributed by atoms with Gasteiger partial charge >= 0.3 is 0 Å². The second kappa shape index (κ2) is 7.82. The molecule has 0 aliphatic heterocycles. The molecule has 0 aliphatic rings. The quantitative estimate of drug-likeness (QED) is 0.856. The Morgan fingerprint density at radius 3 is 2.59 bits per heavy atom. The van der Waals surface area contributed by atoms with Crippen molar-refractivity contribution in [3.63, 3.8) is 0 Å². The van der Waals surface area contributed by atoms with Crippen LogP contribution in [0.3, 0.4) is 0 Å². The third kappa shape index (κ3) is 4.23. The van der Waals surface area contributed by atoms with Crippen molar-refractivity contribution in [2.75, 3.05) is 18.5 Å². The summed E-state index contributed by atoms with van der Waals surface area (Å²) in [6.45, 7) is 2.41. The second-order valence-electron chi connectivity index (χ2n) is 4.70. The molecule has 0 heterocycles. The van der Waals surface area contributed by atoms with Crippen molar-refractivity contribution in [3.8, 4) is 5.75 Å². The van der Waals surface area contributed by atoms with Crippen LogP contribution in [-0.4, -0.2) is 24.2 Å². The Labute approximate surface area is 134 Å². The number of hydrogen-bond acceptors (Lipinski definition) is 3. The van der Waals surface area contributed by atoms with Crippen LogP contribution in [0.15, 0.2) is 42.5 Å². The Balaban J connectivity index is 2.14.